The first-order valence-corrected chi connectivity index (χ1v) is 15.3. The van der Waals surface area contributed by atoms with Crippen molar-refractivity contribution < 1.29 is 31.5 Å². The van der Waals surface area contributed by atoms with E-state index in [0.717, 1.165) is 17.5 Å². The average molecular weight is 579 g/mol. The molecule has 12 heteroatoms. The van der Waals surface area contributed by atoms with Crippen molar-refractivity contribution in [2.24, 2.45) is 17.8 Å². The smallest absolute Gasteiger partial charge is 0.391 e. The number of aliphatic hydroxyl groups is 1. The van der Waals surface area contributed by atoms with Crippen LogP contribution in [-0.4, -0.2) is 59.9 Å². The van der Waals surface area contributed by atoms with Crippen LogP contribution in [0.3, 0.4) is 0 Å². The van der Waals surface area contributed by atoms with Gasteiger partial charge in [-0.15, -0.1) is 0 Å². The van der Waals surface area contributed by atoms with E-state index in [1.54, 1.807) is 6.07 Å². The van der Waals surface area contributed by atoms with E-state index in [1.807, 2.05) is 0 Å². The zero-order valence-corrected chi connectivity index (χ0v) is 23.2. The van der Waals surface area contributed by atoms with Gasteiger partial charge in [0.15, 0.2) is 9.84 Å². The van der Waals surface area contributed by atoms with E-state index in [2.05, 4.69) is 33.2 Å². The minimum Gasteiger partial charge on any atom is -0.394 e. The summed E-state index contributed by atoms with van der Waals surface area (Å²) in [6, 6.07) is 3.78. The van der Waals surface area contributed by atoms with Crippen molar-refractivity contribution >= 4 is 15.7 Å². The van der Waals surface area contributed by atoms with Crippen LogP contribution in [0.15, 0.2) is 47.1 Å². The molecule has 0 saturated heterocycles. The predicted molar refractivity (Wildman–Crippen MR) is 141 cm³/mol. The predicted octanol–water partition coefficient (Wildman–Crippen LogP) is 4.15. The molecule has 3 aliphatic rings. The van der Waals surface area contributed by atoms with Crippen molar-refractivity contribution in [1.29, 1.82) is 0 Å². The molecule has 2 aliphatic carbocycles. The minimum absolute atomic E-state index is 0.00944. The Balaban J connectivity index is 1.28. The standard InChI is InChI=1S/C28H33F3N4O4S/c1-16-9-22(16)26-25-19(14-35(26)13-17-3-5-20(6-4-17)28(29,30)31)10-18(11-33-25)27(37)34-24(15-36)23-8-7-21(12-32-23)40(2,38)39/h7-12,17,20,22,24,26,36H,3-6,13-15H2,1-2H3,(H,34,37)/t17?,20?,22?,24-,26?/m0/s1. The van der Waals surface area contributed by atoms with E-state index >= 15 is 0 Å². The Morgan fingerprint density at radius 2 is 1.88 bits per heavy atom. The number of aromatic nitrogens is 2. The van der Waals surface area contributed by atoms with Crippen molar-refractivity contribution in [3.8, 4) is 0 Å². The van der Waals surface area contributed by atoms with E-state index in [-0.39, 0.29) is 35.6 Å². The molecular weight excluding hydrogens is 545 g/mol. The van der Waals surface area contributed by atoms with E-state index in [0.29, 0.717) is 37.2 Å². The van der Waals surface area contributed by atoms with Crippen LogP contribution in [0, 0.1) is 17.8 Å². The van der Waals surface area contributed by atoms with E-state index in [4.69, 9.17) is 0 Å². The number of hydrogen-bond acceptors (Lipinski definition) is 7. The number of hydrogen-bond donors (Lipinski definition) is 2. The number of nitrogens with zero attached hydrogens (tertiary/aromatic N) is 3. The normalized spacial score (nSPS) is 25.7. The second-order valence-corrected chi connectivity index (χ2v) is 13.3. The molecule has 40 heavy (non-hydrogen) atoms. The van der Waals surface area contributed by atoms with Crippen LogP contribution in [0.1, 0.15) is 72.0 Å². The summed E-state index contributed by atoms with van der Waals surface area (Å²) in [6.07, 6.45) is 3.23. The Kier molecular flexibility index (Phi) is 7.79. The molecule has 2 unspecified atom stereocenters. The Bertz CT molecular complexity index is 1400. The van der Waals surface area contributed by atoms with Crippen molar-refractivity contribution in [2.75, 3.05) is 19.4 Å². The summed E-state index contributed by atoms with van der Waals surface area (Å²) < 4.78 is 62.8. The Morgan fingerprint density at radius 3 is 2.42 bits per heavy atom. The fraction of sp³-hybridized carbons (Fsp3) is 0.536. The maximum atomic E-state index is 13.1. The summed E-state index contributed by atoms with van der Waals surface area (Å²) in [5.41, 5.74) is 3.68. The molecule has 0 aromatic carbocycles. The van der Waals surface area contributed by atoms with E-state index in [1.165, 1.54) is 30.1 Å². The highest BCUT2D eigenvalue weighted by Crippen LogP contribution is 2.49. The molecule has 8 nitrogen and oxygen atoms in total. The number of carbonyl (C=O) groups excluding carboxylic acids is 1. The molecule has 2 N–H and O–H groups in total. The van der Waals surface area contributed by atoms with Gasteiger partial charge in [0, 0.05) is 37.7 Å². The van der Waals surface area contributed by atoms with Crippen molar-refractivity contribution in [3.05, 3.63) is 64.8 Å². The molecular formula is C28H33F3N4O4S. The summed E-state index contributed by atoms with van der Waals surface area (Å²) in [4.78, 5) is 24.2. The van der Waals surface area contributed by atoms with Gasteiger partial charge in [-0.1, -0.05) is 11.6 Å². The highest BCUT2D eigenvalue weighted by atomic mass is 32.2. The number of aliphatic hydroxyl groups excluding tert-OH is 1. The van der Waals surface area contributed by atoms with Crippen LogP contribution in [0.4, 0.5) is 13.2 Å². The Morgan fingerprint density at radius 1 is 1.18 bits per heavy atom. The number of pyridine rings is 2. The van der Waals surface area contributed by atoms with Crippen molar-refractivity contribution in [2.45, 2.75) is 62.3 Å². The number of nitrogens with one attached hydrogen (secondary N) is 1. The maximum absolute atomic E-state index is 13.1. The molecule has 1 aliphatic heterocycles. The summed E-state index contributed by atoms with van der Waals surface area (Å²) in [7, 11) is -3.43. The van der Waals surface area contributed by atoms with Gasteiger partial charge in [-0.25, -0.2) is 8.42 Å². The van der Waals surface area contributed by atoms with Gasteiger partial charge in [-0.3, -0.25) is 19.7 Å². The molecule has 2 aromatic rings. The highest BCUT2D eigenvalue weighted by molar-refractivity contribution is 7.90. The first-order chi connectivity index (χ1) is 18.8. The maximum Gasteiger partial charge on any atom is 0.391 e. The van der Waals surface area contributed by atoms with Gasteiger partial charge in [0.05, 0.1) is 46.5 Å². The number of sulfone groups is 1. The van der Waals surface area contributed by atoms with E-state index in [9.17, 15) is 31.5 Å². The minimum atomic E-state index is -4.13. The summed E-state index contributed by atoms with van der Waals surface area (Å²) in [6.45, 7) is 2.87. The van der Waals surface area contributed by atoms with Gasteiger partial charge in [-0.2, -0.15) is 13.2 Å². The van der Waals surface area contributed by atoms with Gasteiger partial charge >= 0.3 is 6.18 Å². The summed E-state index contributed by atoms with van der Waals surface area (Å²) >= 11 is 0. The number of rotatable bonds is 8. The molecule has 1 fully saturated rings. The average Bonchev–Trinajstić information content (AvgIpc) is 3.51. The first kappa shape index (κ1) is 28.7. The first-order valence-electron chi connectivity index (χ1n) is 13.4. The Labute approximate surface area is 231 Å². The molecule has 3 heterocycles. The number of alkyl halides is 3. The zero-order valence-electron chi connectivity index (χ0n) is 22.4. The largest absolute Gasteiger partial charge is 0.394 e. The van der Waals surface area contributed by atoms with Crippen LogP contribution < -0.4 is 5.32 Å². The second kappa shape index (κ2) is 10.9. The van der Waals surface area contributed by atoms with E-state index < -0.39 is 40.5 Å². The third kappa shape index (κ3) is 6.08. The lowest BCUT2D eigenvalue weighted by molar-refractivity contribution is -0.184. The van der Waals surface area contributed by atoms with Crippen molar-refractivity contribution in [3.63, 3.8) is 0 Å². The molecule has 2 aromatic heterocycles. The van der Waals surface area contributed by atoms with Gasteiger partial charge in [0.2, 0.25) is 0 Å². The number of carbonyl (C=O) groups is 1. The third-order valence-electron chi connectivity index (χ3n) is 8.34. The molecule has 3 atom stereocenters. The van der Waals surface area contributed by atoms with Gasteiger partial charge < -0.3 is 10.4 Å². The Hall–Kier alpha value is -2.83. The summed E-state index contributed by atoms with van der Waals surface area (Å²) in [5, 5.41) is 12.6. The third-order valence-corrected chi connectivity index (χ3v) is 9.44. The molecule has 0 radical (unpaired) electrons. The number of halogens is 3. The zero-order chi connectivity index (χ0) is 28.8. The molecule has 1 amide bonds. The van der Waals surface area contributed by atoms with Crippen LogP contribution in [0.2, 0.25) is 0 Å². The SMILES string of the molecule is CC1=CC1C1c2ncc(C(=O)N[C@@H](CO)c3ccc(S(C)(=O)=O)cn3)cc2CN1CC1CCC(C(F)(F)F)CC1. The van der Waals surface area contributed by atoms with Crippen LogP contribution in [0.5, 0.6) is 0 Å². The number of fused-ring (bicyclic) bond motifs is 1. The van der Waals surface area contributed by atoms with Gasteiger partial charge in [0.1, 0.15) is 0 Å². The quantitative estimate of drug-likeness (QED) is 0.453. The molecule has 1 saturated carbocycles. The lowest BCUT2D eigenvalue weighted by atomic mass is 9.81. The topological polar surface area (TPSA) is 112 Å². The van der Waals surface area contributed by atoms with Gasteiger partial charge in [-0.05, 0) is 62.3 Å². The second-order valence-electron chi connectivity index (χ2n) is 11.2. The number of amides is 1. The molecule has 5 rings (SSSR count). The fourth-order valence-electron chi connectivity index (χ4n) is 5.95. The lowest BCUT2D eigenvalue weighted by Crippen LogP contribution is -2.34. The van der Waals surface area contributed by atoms with Crippen LogP contribution in [-0.2, 0) is 16.4 Å². The van der Waals surface area contributed by atoms with Gasteiger partial charge in [0.25, 0.3) is 5.91 Å². The highest BCUT2D eigenvalue weighted by Gasteiger charge is 2.45. The fourth-order valence-corrected chi connectivity index (χ4v) is 6.51. The molecule has 0 spiro atoms. The molecule has 0 bridgehead atoms. The molecule has 216 valence electrons. The van der Waals surface area contributed by atoms with Crippen LogP contribution in [0.25, 0.3) is 0 Å². The lowest BCUT2D eigenvalue weighted by Gasteiger charge is -2.34. The van der Waals surface area contributed by atoms with Crippen molar-refractivity contribution in [1.82, 2.24) is 20.2 Å². The van der Waals surface area contributed by atoms with Crippen LogP contribution >= 0.6 is 0 Å². The summed E-state index contributed by atoms with van der Waals surface area (Å²) in [5.74, 6) is -1.24. The monoisotopic (exact) mass is 578 g/mol.